The normalized spacial score (nSPS) is 18.9. The standard InChI is InChI=1S/C28H28N5O2Si/c1-17-5-6-19(35-27(36)23-7-12-30-23)16-21(17)26(34)32-28(9-10-28)22-14-18(25-8-13-31-33(25)2)15-24-20(22)4-3-11-29-24/h3-6,8,11,13-16,23,27,30H,7,9-10,12H2,1-2H3,(H,32,34)/t23-,27?/m0/s1. The third-order valence-corrected chi connectivity index (χ3v) is 7.92. The summed E-state index contributed by atoms with van der Waals surface area (Å²) < 4.78 is 7.93. The fraction of sp³-hybridized carbons (Fsp3) is 0.321. The van der Waals surface area contributed by atoms with Crippen LogP contribution < -0.4 is 15.4 Å². The lowest BCUT2D eigenvalue weighted by Gasteiger charge is -2.33. The first-order valence-electron chi connectivity index (χ1n) is 12.4. The Labute approximate surface area is 213 Å². The van der Waals surface area contributed by atoms with E-state index < -0.39 is 5.54 Å². The zero-order valence-electron chi connectivity index (χ0n) is 20.4. The molecule has 181 valence electrons. The molecule has 2 atom stereocenters. The van der Waals surface area contributed by atoms with Crippen molar-refractivity contribution in [2.75, 3.05) is 6.54 Å². The van der Waals surface area contributed by atoms with E-state index >= 15 is 0 Å². The SMILES string of the molecule is Cc1ccc(OC([Si])[C@@H]2CCN2)cc1C(=O)NC1(c2cc(-c3ccnn3C)cc3ncccc23)CC1. The molecule has 4 aromatic rings. The molecule has 2 fully saturated rings. The minimum atomic E-state index is -0.427. The van der Waals surface area contributed by atoms with Crippen LogP contribution >= 0.6 is 0 Å². The Morgan fingerprint density at radius 2 is 2.06 bits per heavy atom. The summed E-state index contributed by atoms with van der Waals surface area (Å²) >= 11 is 0. The zero-order chi connectivity index (χ0) is 24.9. The number of carbonyl (C=O) groups is 1. The molecule has 1 aliphatic carbocycles. The van der Waals surface area contributed by atoms with Crippen molar-refractivity contribution in [3.05, 3.63) is 77.6 Å². The number of rotatable bonds is 7. The number of nitrogens with one attached hydrogen (secondary N) is 2. The summed E-state index contributed by atoms with van der Waals surface area (Å²) in [5.41, 5.74) is 5.03. The van der Waals surface area contributed by atoms with Gasteiger partial charge < -0.3 is 15.4 Å². The van der Waals surface area contributed by atoms with Crippen LogP contribution in [0.5, 0.6) is 5.75 Å². The fourth-order valence-corrected chi connectivity index (χ4v) is 5.39. The van der Waals surface area contributed by atoms with Crippen molar-refractivity contribution in [1.82, 2.24) is 25.4 Å². The van der Waals surface area contributed by atoms with E-state index in [1.54, 1.807) is 6.20 Å². The second-order valence-electron chi connectivity index (χ2n) is 9.83. The molecule has 36 heavy (non-hydrogen) atoms. The molecule has 2 N–H and O–H groups in total. The van der Waals surface area contributed by atoms with Crippen molar-refractivity contribution in [2.24, 2.45) is 7.05 Å². The molecule has 1 unspecified atom stereocenters. The second kappa shape index (κ2) is 8.87. The molecule has 1 saturated carbocycles. The third kappa shape index (κ3) is 4.10. The highest BCUT2D eigenvalue weighted by atomic mass is 28.1. The van der Waals surface area contributed by atoms with E-state index in [0.29, 0.717) is 11.3 Å². The summed E-state index contributed by atoms with van der Waals surface area (Å²) in [4.78, 5) is 18.2. The Hall–Kier alpha value is -3.49. The molecule has 8 heteroatoms. The molecule has 2 aromatic heterocycles. The average Bonchev–Trinajstić information content (AvgIpc) is 3.48. The van der Waals surface area contributed by atoms with Crippen LogP contribution in [-0.4, -0.2) is 49.2 Å². The predicted octanol–water partition coefficient (Wildman–Crippen LogP) is 3.60. The van der Waals surface area contributed by atoms with E-state index in [0.717, 1.165) is 59.1 Å². The second-order valence-corrected chi connectivity index (χ2v) is 10.4. The van der Waals surface area contributed by atoms with Crippen molar-refractivity contribution < 1.29 is 9.53 Å². The van der Waals surface area contributed by atoms with Crippen LogP contribution in [0.25, 0.3) is 22.2 Å². The van der Waals surface area contributed by atoms with Crippen LogP contribution in [-0.2, 0) is 12.6 Å². The quantitative estimate of drug-likeness (QED) is 0.384. The van der Waals surface area contributed by atoms with E-state index in [1.807, 2.05) is 55.2 Å². The number of nitrogens with zero attached hydrogens (tertiary/aromatic N) is 3. The predicted molar refractivity (Wildman–Crippen MR) is 140 cm³/mol. The molecule has 3 radical (unpaired) electrons. The number of aryl methyl sites for hydroxylation is 2. The number of pyridine rings is 1. The molecular formula is C28H28N5O2Si. The molecule has 2 aliphatic rings. The van der Waals surface area contributed by atoms with Gasteiger partial charge in [-0.25, -0.2) is 0 Å². The number of hydrogen-bond acceptors (Lipinski definition) is 5. The lowest BCUT2D eigenvalue weighted by Crippen LogP contribution is -2.53. The Morgan fingerprint density at radius 3 is 2.75 bits per heavy atom. The largest absolute Gasteiger partial charge is 0.493 e. The fourth-order valence-electron chi connectivity index (χ4n) is 4.97. The summed E-state index contributed by atoms with van der Waals surface area (Å²) in [5.74, 6) is 0.586. The van der Waals surface area contributed by atoms with Crippen molar-refractivity contribution in [2.45, 2.75) is 43.5 Å². The van der Waals surface area contributed by atoms with Gasteiger partial charge in [0.15, 0.2) is 0 Å². The van der Waals surface area contributed by atoms with Gasteiger partial charge in [0.25, 0.3) is 5.91 Å². The van der Waals surface area contributed by atoms with Crippen LogP contribution in [0.4, 0.5) is 0 Å². The Kier molecular flexibility index (Phi) is 5.65. The van der Waals surface area contributed by atoms with Gasteiger partial charge in [-0.15, -0.1) is 0 Å². The first kappa shape index (κ1) is 22.9. The van der Waals surface area contributed by atoms with Gasteiger partial charge in [-0.3, -0.25) is 14.5 Å². The number of fused-ring (bicyclic) bond motifs is 1. The average molecular weight is 495 g/mol. The van der Waals surface area contributed by atoms with Crippen molar-refractivity contribution in [3.63, 3.8) is 0 Å². The highest BCUT2D eigenvalue weighted by Gasteiger charge is 2.47. The van der Waals surface area contributed by atoms with Crippen LogP contribution in [0.1, 0.15) is 40.7 Å². The van der Waals surface area contributed by atoms with Gasteiger partial charge in [-0.05, 0) is 80.3 Å². The number of amides is 1. The summed E-state index contributed by atoms with van der Waals surface area (Å²) in [6.45, 7) is 2.96. The number of hydrogen-bond donors (Lipinski definition) is 2. The van der Waals surface area contributed by atoms with Crippen LogP contribution in [0, 0.1) is 6.92 Å². The van der Waals surface area contributed by atoms with E-state index in [-0.39, 0.29) is 17.7 Å². The molecule has 0 bridgehead atoms. The maximum Gasteiger partial charge on any atom is 0.252 e. The molecular weight excluding hydrogens is 466 g/mol. The number of aromatic nitrogens is 3. The monoisotopic (exact) mass is 494 g/mol. The lowest BCUT2D eigenvalue weighted by molar-refractivity contribution is 0.0929. The summed E-state index contributed by atoms with van der Waals surface area (Å²) in [6.07, 6.45) is 6.42. The summed E-state index contributed by atoms with van der Waals surface area (Å²) in [6, 6.07) is 16.3. The van der Waals surface area contributed by atoms with Gasteiger partial charge >= 0.3 is 0 Å². The first-order chi connectivity index (χ1) is 17.4. The Morgan fingerprint density at radius 1 is 1.22 bits per heavy atom. The van der Waals surface area contributed by atoms with Crippen LogP contribution in [0.2, 0.25) is 0 Å². The number of benzene rings is 2. The van der Waals surface area contributed by atoms with Gasteiger partial charge in [-0.2, -0.15) is 5.10 Å². The lowest BCUT2D eigenvalue weighted by atomic mass is 9.94. The van der Waals surface area contributed by atoms with Gasteiger partial charge in [0.05, 0.1) is 32.7 Å². The molecule has 1 amide bonds. The Bertz CT molecular complexity index is 1460. The maximum absolute atomic E-state index is 13.6. The van der Waals surface area contributed by atoms with Crippen molar-refractivity contribution in [1.29, 1.82) is 0 Å². The molecule has 0 spiro atoms. The van der Waals surface area contributed by atoms with Gasteiger partial charge in [0.1, 0.15) is 5.75 Å². The summed E-state index contributed by atoms with van der Waals surface area (Å²) in [7, 11) is 5.60. The topological polar surface area (TPSA) is 81.1 Å². The molecule has 2 aromatic carbocycles. The van der Waals surface area contributed by atoms with Gasteiger partial charge in [0, 0.05) is 42.0 Å². The molecule has 3 heterocycles. The Balaban J connectivity index is 1.32. The zero-order valence-corrected chi connectivity index (χ0v) is 21.4. The van der Waals surface area contributed by atoms with Crippen LogP contribution in [0.15, 0.2) is 60.9 Å². The highest BCUT2D eigenvalue weighted by Crippen LogP contribution is 2.49. The molecule has 1 saturated heterocycles. The first-order valence-corrected chi connectivity index (χ1v) is 12.9. The highest BCUT2D eigenvalue weighted by molar-refractivity contribution is 6.11. The molecule has 6 rings (SSSR count). The third-order valence-electron chi connectivity index (χ3n) is 7.40. The maximum atomic E-state index is 13.6. The van der Waals surface area contributed by atoms with Crippen molar-refractivity contribution in [3.8, 4) is 17.0 Å². The van der Waals surface area contributed by atoms with E-state index in [9.17, 15) is 4.79 Å². The van der Waals surface area contributed by atoms with Gasteiger partial charge in [0.2, 0.25) is 0 Å². The number of carbonyl (C=O) groups excluding carboxylic acids is 1. The van der Waals surface area contributed by atoms with E-state index in [4.69, 9.17) is 4.74 Å². The molecule has 1 aliphatic heterocycles. The minimum absolute atomic E-state index is 0.0919. The minimum Gasteiger partial charge on any atom is -0.493 e. The number of ether oxygens (including phenoxy) is 1. The molecule has 7 nitrogen and oxygen atoms in total. The van der Waals surface area contributed by atoms with E-state index in [1.165, 1.54) is 0 Å². The van der Waals surface area contributed by atoms with Gasteiger partial charge in [-0.1, -0.05) is 12.1 Å². The van der Waals surface area contributed by atoms with Crippen molar-refractivity contribution >= 4 is 27.1 Å². The smallest absolute Gasteiger partial charge is 0.252 e. The van der Waals surface area contributed by atoms with Crippen LogP contribution in [0.3, 0.4) is 0 Å². The van der Waals surface area contributed by atoms with E-state index in [2.05, 4.69) is 49.2 Å². The summed E-state index contributed by atoms with van der Waals surface area (Å²) in [5, 5.41) is 12.1.